The third kappa shape index (κ3) is 5.31. The molecule has 1 saturated heterocycles. The van der Waals surface area contributed by atoms with E-state index < -0.39 is 6.04 Å². The molecule has 2 aromatic rings. The van der Waals surface area contributed by atoms with Gasteiger partial charge in [0, 0.05) is 19.5 Å². The fraction of sp³-hybridized carbons (Fsp3) is 0.565. The smallest absolute Gasteiger partial charge is 0.243 e. The van der Waals surface area contributed by atoms with Gasteiger partial charge in [0.2, 0.25) is 11.8 Å². The molecule has 0 unspecified atom stereocenters. The Bertz CT molecular complexity index is 897. The van der Waals surface area contributed by atoms with Crippen LogP contribution in [0, 0.1) is 6.92 Å². The Morgan fingerprint density at radius 3 is 2.74 bits per heavy atom. The van der Waals surface area contributed by atoms with Gasteiger partial charge in [0.1, 0.15) is 17.7 Å². The van der Waals surface area contributed by atoms with Crippen LogP contribution in [0.5, 0.6) is 0 Å². The summed E-state index contributed by atoms with van der Waals surface area (Å²) < 4.78 is 1.91. The van der Waals surface area contributed by atoms with Crippen LogP contribution in [0.4, 0.5) is 0 Å². The quantitative estimate of drug-likeness (QED) is 0.766. The number of hydrogen-bond donors (Lipinski definition) is 2. The average molecular weight is 425 g/mol. The molecule has 8 heteroatoms. The predicted molar refractivity (Wildman–Crippen MR) is 117 cm³/mol. The Labute approximate surface area is 183 Å². The maximum Gasteiger partial charge on any atom is 0.243 e. The number of piperidine rings is 1. The van der Waals surface area contributed by atoms with Crippen molar-refractivity contribution in [3.63, 3.8) is 0 Å². The molecule has 4 rings (SSSR count). The van der Waals surface area contributed by atoms with Gasteiger partial charge in [-0.15, -0.1) is 0 Å². The van der Waals surface area contributed by atoms with Crippen molar-refractivity contribution in [3.8, 4) is 0 Å². The van der Waals surface area contributed by atoms with E-state index in [-0.39, 0.29) is 17.9 Å². The number of hydrogen-bond acceptors (Lipinski definition) is 5. The van der Waals surface area contributed by atoms with Gasteiger partial charge < -0.3 is 15.5 Å². The maximum atomic E-state index is 13.4. The lowest BCUT2D eigenvalue weighted by atomic mass is 9.99. The zero-order chi connectivity index (χ0) is 21.6. The minimum atomic E-state index is -0.409. The summed E-state index contributed by atoms with van der Waals surface area (Å²) in [6.45, 7) is 4.71. The lowest BCUT2D eigenvalue weighted by Gasteiger charge is -2.36. The first-order valence-electron chi connectivity index (χ1n) is 11.4. The summed E-state index contributed by atoms with van der Waals surface area (Å²) >= 11 is 0. The number of rotatable bonds is 2. The minimum Gasteiger partial charge on any atom is -0.344 e. The number of amides is 2. The highest BCUT2D eigenvalue weighted by Crippen LogP contribution is 2.22. The SMILES string of the molecule is Cc1nc2n(n1)CCNCCCC(=O)N1CCCC[C@H]1C(=O)N[C@@H]2Cc1ccccc1. The fourth-order valence-electron chi connectivity index (χ4n) is 4.54. The molecule has 0 saturated carbocycles. The zero-order valence-electron chi connectivity index (χ0n) is 18.2. The molecule has 2 atom stereocenters. The molecule has 0 bridgehead atoms. The van der Waals surface area contributed by atoms with E-state index >= 15 is 0 Å². The summed E-state index contributed by atoms with van der Waals surface area (Å²) in [5, 5.41) is 11.2. The van der Waals surface area contributed by atoms with Crippen molar-refractivity contribution in [2.24, 2.45) is 0 Å². The van der Waals surface area contributed by atoms with E-state index in [9.17, 15) is 9.59 Å². The van der Waals surface area contributed by atoms with Gasteiger partial charge in [0.15, 0.2) is 0 Å². The van der Waals surface area contributed by atoms with E-state index in [0.717, 1.165) is 43.7 Å². The van der Waals surface area contributed by atoms with Crippen LogP contribution in [-0.2, 0) is 22.6 Å². The van der Waals surface area contributed by atoms with Crippen LogP contribution < -0.4 is 10.6 Å². The Morgan fingerprint density at radius 1 is 1.06 bits per heavy atom. The normalized spacial score (nSPS) is 23.5. The molecule has 8 nitrogen and oxygen atoms in total. The predicted octanol–water partition coefficient (Wildman–Crippen LogP) is 1.75. The molecule has 2 N–H and O–H groups in total. The molecule has 2 aliphatic heterocycles. The summed E-state index contributed by atoms with van der Waals surface area (Å²) in [6, 6.07) is 9.39. The molecule has 0 spiro atoms. The molecule has 1 aromatic heterocycles. The lowest BCUT2D eigenvalue weighted by Crippen LogP contribution is -2.53. The number of carbonyl (C=O) groups is 2. The van der Waals surface area contributed by atoms with Gasteiger partial charge in [0.25, 0.3) is 0 Å². The van der Waals surface area contributed by atoms with Gasteiger partial charge in [-0.05, 0) is 51.1 Å². The number of aryl methyl sites for hydroxylation is 1. The van der Waals surface area contributed by atoms with E-state index in [1.807, 2.05) is 29.8 Å². The number of carbonyl (C=O) groups excluding carboxylic acids is 2. The molecule has 2 aliphatic rings. The standard InChI is InChI=1S/C23H32N6O2/c1-17-25-22-19(16-18-8-3-2-4-9-18)26-23(31)20-10-5-6-14-28(20)21(30)11-7-12-24-13-15-29(22)27-17/h2-4,8-9,19-20,24H,5-7,10-16H2,1H3,(H,26,31)/t19-,20+/m1/s1. The van der Waals surface area contributed by atoms with Crippen molar-refractivity contribution in [2.45, 2.75) is 64.1 Å². The highest BCUT2D eigenvalue weighted by Gasteiger charge is 2.34. The van der Waals surface area contributed by atoms with Crippen molar-refractivity contribution < 1.29 is 9.59 Å². The van der Waals surface area contributed by atoms with Gasteiger partial charge in [-0.3, -0.25) is 9.59 Å². The van der Waals surface area contributed by atoms with Crippen LogP contribution >= 0.6 is 0 Å². The van der Waals surface area contributed by atoms with E-state index in [1.165, 1.54) is 0 Å². The van der Waals surface area contributed by atoms with Gasteiger partial charge in [0.05, 0.1) is 12.6 Å². The third-order valence-corrected chi connectivity index (χ3v) is 6.09. The Kier molecular flexibility index (Phi) is 6.96. The molecule has 0 aliphatic carbocycles. The van der Waals surface area contributed by atoms with Crippen LogP contribution in [0.3, 0.4) is 0 Å². The summed E-state index contributed by atoms with van der Waals surface area (Å²) in [7, 11) is 0. The zero-order valence-corrected chi connectivity index (χ0v) is 18.2. The van der Waals surface area contributed by atoms with E-state index in [0.29, 0.717) is 38.2 Å². The number of fused-ring (bicyclic) bond motifs is 2. The van der Waals surface area contributed by atoms with Gasteiger partial charge >= 0.3 is 0 Å². The second-order valence-corrected chi connectivity index (χ2v) is 8.44. The van der Waals surface area contributed by atoms with Crippen LogP contribution in [0.2, 0.25) is 0 Å². The Morgan fingerprint density at radius 2 is 1.90 bits per heavy atom. The molecule has 166 valence electrons. The molecule has 1 fully saturated rings. The summed E-state index contributed by atoms with van der Waals surface area (Å²) in [6.07, 6.45) is 4.48. The number of aromatic nitrogens is 3. The van der Waals surface area contributed by atoms with Crippen molar-refractivity contribution in [3.05, 3.63) is 47.5 Å². The maximum absolute atomic E-state index is 13.4. The highest BCUT2D eigenvalue weighted by atomic mass is 16.2. The lowest BCUT2D eigenvalue weighted by molar-refractivity contribution is -0.142. The molecule has 3 heterocycles. The van der Waals surface area contributed by atoms with E-state index in [1.54, 1.807) is 4.90 Å². The minimum absolute atomic E-state index is 0.0809. The molecular weight excluding hydrogens is 392 g/mol. The molecule has 1 aromatic carbocycles. The molecular formula is C23H32N6O2. The van der Waals surface area contributed by atoms with Crippen molar-refractivity contribution >= 4 is 11.8 Å². The summed E-state index contributed by atoms with van der Waals surface area (Å²) in [5.74, 6) is 1.46. The van der Waals surface area contributed by atoms with Crippen molar-refractivity contribution in [2.75, 3.05) is 19.6 Å². The monoisotopic (exact) mass is 424 g/mol. The largest absolute Gasteiger partial charge is 0.344 e. The first kappa shape index (κ1) is 21.5. The van der Waals surface area contributed by atoms with E-state index in [4.69, 9.17) is 0 Å². The first-order chi connectivity index (χ1) is 15.1. The third-order valence-electron chi connectivity index (χ3n) is 6.09. The van der Waals surface area contributed by atoms with Crippen molar-refractivity contribution in [1.29, 1.82) is 0 Å². The van der Waals surface area contributed by atoms with Crippen LogP contribution in [0.25, 0.3) is 0 Å². The molecule has 2 amide bonds. The first-order valence-corrected chi connectivity index (χ1v) is 11.4. The van der Waals surface area contributed by atoms with Gasteiger partial charge in [-0.1, -0.05) is 30.3 Å². The Hall–Kier alpha value is -2.74. The molecule has 0 radical (unpaired) electrons. The van der Waals surface area contributed by atoms with Gasteiger partial charge in [-0.25, -0.2) is 9.67 Å². The number of benzene rings is 1. The van der Waals surface area contributed by atoms with Gasteiger partial charge in [-0.2, -0.15) is 5.10 Å². The number of nitrogens with zero attached hydrogens (tertiary/aromatic N) is 4. The average Bonchev–Trinajstić information content (AvgIpc) is 3.16. The highest BCUT2D eigenvalue weighted by molar-refractivity contribution is 5.88. The fourth-order valence-corrected chi connectivity index (χ4v) is 4.54. The van der Waals surface area contributed by atoms with E-state index in [2.05, 4.69) is 32.8 Å². The summed E-state index contributed by atoms with van der Waals surface area (Å²) in [4.78, 5) is 32.7. The summed E-state index contributed by atoms with van der Waals surface area (Å²) in [5.41, 5.74) is 1.12. The topological polar surface area (TPSA) is 92.2 Å². The van der Waals surface area contributed by atoms with Crippen LogP contribution in [0.1, 0.15) is 55.4 Å². The van der Waals surface area contributed by atoms with Crippen LogP contribution in [0.15, 0.2) is 30.3 Å². The van der Waals surface area contributed by atoms with Crippen molar-refractivity contribution in [1.82, 2.24) is 30.3 Å². The second kappa shape index (κ2) is 10.0. The van der Waals surface area contributed by atoms with Crippen LogP contribution in [-0.4, -0.2) is 57.2 Å². The number of nitrogens with one attached hydrogen (secondary N) is 2. The second-order valence-electron chi connectivity index (χ2n) is 8.44. The Balaban J connectivity index is 1.66. The molecule has 31 heavy (non-hydrogen) atoms.